The third kappa shape index (κ3) is 2.06. The number of aliphatic hydroxyl groups is 1. The third-order valence-electron chi connectivity index (χ3n) is 2.32. The van der Waals surface area contributed by atoms with Gasteiger partial charge in [-0.25, -0.2) is 4.98 Å². The number of nitrogens with two attached hydrogens (primary N) is 1. The second-order valence-corrected chi connectivity index (χ2v) is 3.35. The van der Waals surface area contributed by atoms with E-state index in [1.165, 1.54) is 0 Å². The fourth-order valence-corrected chi connectivity index (χ4v) is 1.41. The first-order valence-corrected chi connectivity index (χ1v) is 4.76. The van der Waals surface area contributed by atoms with Crippen molar-refractivity contribution in [2.75, 3.05) is 6.61 Å². The van der Waals surface area contributed by atoms with Gasteiger partial charge in [-0.3, -0.25) is 0 Å². The summed E-state index contributed by atoms with van der Waals surface area (Å²) in [6.07, 6.45) is 5.34. The monoisotopic (exact) mass is 203 g/mol. The Morgan fingerprint density at radius 1 is 1.33 bits per heavy atom. The number of hydrogen-bond donors (Lipinski definition) is 2. The molecule has 2 rings (SSSR count). The van der Waals surface area contributed by atoms with Crippen LogP contribution in [-0.2, 0) is 0 Å². The molecule has 1 aromatic carbocycles. The molecule has 4 heteroatoms. The Morgan fingerprint density at radius 2 is 2.07 bits per heavy atom. The summed E-state index contributed by atoms with van der Waals surface area (Å²) in [5.41, 5.74) is 7.65. The topological polar surface area (TPSA) is 64.1 Å². The van der Waals surface area contributed by atoms with E-state index in [9.17, 15) is 0 Å². The second kappa shape index (κ2) is 4.25. The quantitative estimate of drug-likeness (QED) is 0.777. The molecule has 1 aromatic heterocycles. The van der Waals surface area contributed by atoms with Crippen molar-refractivity contribution in [1.29, 1.82) is 0 Å². The van der Waals surface area contributed by atoms with E-state index < -0.39 is 0 Å². The molecular weight excluding hydrogens is 190 g/mol. The fourth-order valence-electron chi connectivity index (χ4n) is 1.41. The highest BCUT2D eigenvalue weighted by Crippen LogP contribution is 2.13. The Hall–Kier alpha value is -1.65. The summed E-state index contributed by atoms with van der Waals surface area (Å²) in [7, 11) is 0. The molecule has 3 N–H and O–H groups in total. The van der Waals surface area contributed by atoms with Crippen LogP contribution in [0, 0.1) is 0 Å². The smallest absolute Gasteiger partial charge is 0.0991 e. The van der Waals surface area contributed by atoms with Crippen LogP contribution < -0.4 is 5.73 Å². The van der Waals surface area contributed by atoms with E-state index in [0.29, 0.717) is 0 Å². The molecule has 2 aromatic rings. The predicted molar refractivity (Wildman–Crippen MR) is 57.6 cm³/mol. The predicted octanol–water partition coefficient (Wildman–Crippen LogP) is 0.864. The van der Waals surface area contributed by atoms with Crippen LogP contribution in [0.25, 0.3) is 5.69 Å². The summed E-state index contributed by atoms with van der Waals surface area (Å²) in [6.45, 7) is -0.0373. The van der Waals surface area contributed by atoms with Gasteiger partial charge in [-0.05, 0) is 17.7 Å². The first-order valence-electron chi connectivity index (χ1n) is 4.76. The zero-order chi connectivity index (χ0) is 10.7. The van der Waals surface area contributed by atoms with Gasteiger partial charge in [0.05, 0.1) is 19.0 Å². The van der Waals surface area contributed by atoms with E-state index in [4.69, 9.17) is 10.8 Å². The van der Waals surface area contributed by atoms with Crippen molar-refractivity contribution < 1.29 is 5.11 Å². The van der Waals surface area contributed by atoms with Gasteiger partial charge >= 0.3 is 0 Å². The molecule has 15 heavy (non-hydrogen) atoms. The van der Waals surface area contributed by atoms with Gasteiger partial charge in [0, 0.05) is 18.1 Å². The van der Waals surface area contributed by atoms with Crippen LogP contribution >= 0.6 is 0 Å². The van der Waals surface area contributed by atoms with Gasteiger partial charge in [-0.1, -0.05) is 12.1 Å². The summed E-state index contributed by atoms with van der Waals surface area (Å²) in [4.78, 5) is 3.97. The molecule has 0 aliphatic carbocycles. The lowest BCUT2D eigenvalue weighted by molar-refractivity contribution is 0.268. The normalized spacial score (nSPS) is 12.7. The molecule has 0 saturated heterocycles. The number of aromatic nitrogens is 2. The van der Waals surface area contributed by atoms with Gasteiger partial charge in [-0.15, -0.1) is 0 Å². The zero-order valence-corrected chi connectivity index (χ0v) is 8.24. The van der Waals surface area contributed by atoms with Gasteiger partial charge in [-0.2, -0.15) is 0 Å². The Bertz CT molecular complexity index is 408. The van der Waals surface area contributed by atoms with E-state index in [0.717, 1.165) is 11.3 Å². The molecule has 0 bridgehead atoms. The van der Waals surface area contributed by atoms with Gasteiger partial charge in [0.15, 0.2) is 0 Å². The van der Waals surface area contributed by atoms with Gasteiger partial charge in [0.2, 0.25) is 0 Å². The van der Waals surface area contributed by atoms with E-state index >= 15 is 0 Å². The molecule has 0 fully saturated rings. The Labute approximate surface area is 88.0 Å². The maximum Gasteiger partial charge on any atom is 0.0991 e. The van der Waals surface area contributed by atoms with E-state index in [1.54, 1.807) is 12.5 Å². The fraction of sp³-hybridized carbons (Fsp3) is 0.182. The van der Waals surface area contributed by atoms with Crippen LogP contribution in [0.4, 0.5) is 0 Å². The Kier molecular flexibility index (Phi) is 2.80. The number of nitrogens with zero attached hydrogens (tertiary/aromatic N) is 2. The van der Waals surface area contributed by atoms with E-state index in [1.807, 2.05) is 35.0 Å². The first kappa shape index (κ1) is 9.89. The van der Waals surface area contributed by atoms with E-state index in [-0.39, 0.29) is 12.6 Å². The molecule has 1 atom stereocenters. The second-order valence-electron chi connectivity index (χ2n) is 3.35. The first-order chi connectivity index (χ1) is 7.31. The van der Waals surface area contributed by atoms with Crippen molar-refractivity contribution in [3.05, 3.63) is 48.5 Å². The molecule has 0 aliphatic rings. The molecular formula is C11H13N3O. The molecule has 1 unspecified atom stereocenters. The van der Waals surface area contributed by atoms with Crippen LogP contribution in [0.2, 0.25) is 0 Å². The summed E-state index contributed by atoms with van der Waals surface area (Å²) in [5, 5.41) is 8.90. The standard InChI is InChI=1S/C11H13N3O/c12-11(7-15)9-1-3-10(4-2-9)14-6-5-13-8-14/h1-6,8,11,15H,7,12H2. The van der Waals surface area contributed by atoms with Gasteiger partial charge in [0.25, 0.3) is 0 Å². The molecule has 4 nitrogen and oxygen atoms in total. The molecule has 0 saturated carbocycles. The lowest BCUT2D eigenvalue weighted by Crippen LogP contribution is -2.14. The van der Waals surface area contributed by atoms with Gasteiger partial charge < -0.3 is 15.4 Å². The minimum absolute atomic E-state index is 0.0373. The van der Waals surface area contributed by atoms with Crippen LogP contribution in [0.15, 0.2) is 43.0 Å². The van der Waals surface area contributed by atoms with Crippen molar-refractivity contribution in [3.63, 3.8) is 0 Å². The van der Waals surface area contributed by atoms with Crippen molar-refractivity contribution in [2.24, 2.45) is 5.73 Å². The van der Waals surface area contributed by atoms with Crippen LogP contribution in [0.1, 0.15) is 11.6 Å². The largest absolute Gasteiger partial charge is 0.394 e. The Balaban J connectivity index is 2.25. The highest BCUT2D eigenvalue weighted by molar-refractivity contribution is 5.35. The minimum atomic E-state index is -0.304. The maximum atomic E-state index is 8.90. The molecule has 0 radical (unpaired) electrons. The van der Waals surface area contributed by atoms with Crippen LogP contribution in [-0.4, -0.2) is 21.3 Å². The highest BCUT2D eigenvalue weighted by atomic mass is 16.3. The number of hydrogen-bond acceptors (Lipinski definition) is 3. The third-order valence-corrected chi connectivity index (χ3v) is 2.32. The van der Waals surface area contributed by atoms with Crippen molar-refractivity contribution in [1.82, 2.24) is 9.55 Å². The minimum Gasteiger partial charge on any atom is -0.394 e. The molecule has 0 spiro atoms. The van der Waals surface area contributed by atoms with E-state index in [2.05, 4.69) is 4.98 Å². The van der Waals surface area contributed by atoms with Gasteiger partial charge in [0.1, 0.15) is 0 Å². The molecule has 0 amide bonds. The maximum absolute atomic E-state index is 8.90. The average Bonchev–Trinajstić information content (AvgIpc) is 2.82. The average molecular weight is 203 g/mol. The van der Waals surface area contributed by atoms with Crippen molar-refractivity contribution in [2.45, 2.75) is 6.04 Å². The zero-order valence-electron chi connectivity index (χ0n) is 8.24. The lowest BCUT2D eigenvalue weighted by atomic mass is 10.1. The van der Waals surface area contributed by atoms with Crippen molar-refractivity contribution in [3.8, 4) is 5.69 Å². The van der Waals surface area contributed by atoms with Crippen LogP contribution in [0.3, 0.4) is 0 Å². The Morgan fingerprint density at radius 3 is 2.60 bits per heavy atom. The molecule has 1 heterocycles. The summed E-state index contributed by atoms with van der Waals surface area (Å²) < 4.78 is 1.91. The van der Waals surface area contributed by atoms with Crippen molar-refractivity contribution >= 4 is 0 Å². The molecule has 78 valence electrons. The number of rotatable bonds is 3. The summed E-state index contributed by atoms with van der Waals surface area (Å²) in [5.74, 6) is 0. The number of aliphatic hydroxyl groups excluding tert-OH is 1. The summed E-state index contributed by atoms with van der Waals surface area (Å²) in [6, 6.07) is 7.42. The summed E-state index contributed by atoms with van der Waals surface area (Å²) >= 11 is 0. The SMILES string of the molecule is NC(CO)c1ccc(-n2ccnc2)cc1. The highest BCUT2D eigenvalue weighted by Gasteiger charge is 2.03. The molecule has 0 aliphatic heterocycles. The number of imidazole rings is 1. The van der Waals surface area contributed by atoms with Crippen LogP contribution in [0.5, 0.6) is 0 Å². The number of benzene rings is 1. The lowest BCUT2D eigenvalue weighted by Gasteiger charge is -2.09.